The fraction of sp³-hybridized carbons (Fsp3) is 0.250. The van der Waals surface area contributed by atoms with Crippen LogP contribution in [0, 0.1) is 0 Å². The maximum absolute atomic E-state index is 12.9. The van der Waals surface area contributed by atoms with Crippen LogP contribution in [-0.2, 0) is 67.1 Å². The standard InChI is InChI=1S/C16H6F12NO4S2.Ag/c17-13(18,19)7-1-8(14(20,21)22)4-11(3-7)34(30,31)29-35(32,33)12-5-9(15(23,24)25)2-10(6-12)16(26,27)28;/h1-6H;/q-1;+1. The Morgan fingerprint density at radius 2 is 0.639 bits per heavy atom. The minimum absolute atomic E-state index is 0. The van der Waals surface area contributed by atoms with Crippen LogP contribution in [0.2, 0.25) is 0 Å². The van der Waals surface area contributed by atoms with Crippen LogP contribution in [0.1, 0.15) is 22.3 Å². The summed E-state index contributed by atoms with van der Waals surface area (Å²) in [5, 5.41) is 0. The van der Waals surface area contributed by atoms with Crippen molar-refractivity contribution in [1.29, 1.82) is 0 Å². The molecule has 0 fully saturated rings. The number of rotatable bonds is 4. The molecule has 0 N–H and O–H groups in total. The second kappa shape index (κ2) is 9.82. The van der Waals surface area contributed by atoms with E-state index in [1.807, 2.05) is 4.13 Å². The van der Waals surface area contributed by atoms with Crippen LogP contribution in [0.15, 0.2) is 46.2 Å². The van der Waals surface area contributed by atoms with Gasteiger partial charge in [0, 0.05) is 0 Å². The Morgan fingerprint density at radius 1 is 0.444 bits per heavy atom. The largest absolute Gasteiger partial charge is 1.00 e. The number of benzene rings is 2. The van der Waals surface area contributed by atoms with Gasteiger partial charge in [0.05, 0.1) is 32.0 Å². The molecule has 206 valence electrons. The second-order valence-electron chi connectivity index (χ2n) is 6.51. The number of hydrogen-bond donors (Lipinski definition) is 0. The van der Waals surface area contributed by atoms with Gasteiger partial charge < -0.3 is 4.13 Å². The topological polar surface area (TPSA) is 82.4 Å². The van der Waals surface area contributed by atoms with Crippen molar-refractivity contribution in [2.24, 2.45) is 0 Å². The van der Waals surface area contributed by atoms with E-state index in [0.717, 1.165) is 0 Å². The van der Waals surface area contributed by atoms with Gasteiger partial charge in [-0.15, -0.1) is 0 Å². The summed E-state index contributed by atoms with van der Waals surface area (Å²) in [5.41, 5.74) is -8.84. The molecule has 0 saturated heterocycles. The van der Waals surface area contributed by atoms with E-state index >= 15 is 0 Å². The zero-order valence-corrected chi connectivity index (χ0v) is 19.3. The number of nitrogens with zero attached hydrogens (tertiary/aromatic N) is 1. The molecule has 0 aliphatic carbocycles. The van der Waals surface area contributed by atoms with Gasteiger partial charge in [-0.2, -0.15) is 52.7 Å². The smallest absolute Gasteiger partial charge is 0.428 e. The molecule has 20 heteroatoms. The van der Waals surface area contributed by atoms with Crippen LogP contribution in [-0.4, -0.2) is 16.8 Å². The average Bonchev–Trinajstić information content (AvgIpc) is 2.63. The first-order chi connectivity index (χ1) is 15.3. The third-order valence-corrected chi connectivity index (χ3v) is 7.15. The summed E-state index contributed by atoms with van der Waals surface area (Å²) in [4.78, 5) is -3.99. The van der Waals surface area contributed by atoms with E-state index in [1.165, 1.54) is 0 Å². The minimum Gasteiger partial charge on any atom is -0.428 e. The van der Waals surface area contributed by atoms with Crippen molar-refractivity contribution in [3.8, 4) is 0 Å². The van der Waals surface area contributed by atoms with Gasteiger partial charge in [0.25, 0.3) is 0 Å². The molecule has 0 spiro atoms. The molecular weight excluding hydrogens is 670 g/mol. The van der Waals surface area contributed by atoms with Gasteiger partial charge in [-0.25, -0.2) is 16.8 Å². The molecule has 5 nitrogen and oxygen atoms in total. The molecular formula is C16H6AgF12NO4S2. The molecule has 2 aromatic carbocycles. The zero-order chi connectivity index (χ0) is 27.4. The minimum atomic E-state index is -6.05. The van der Waals surface area contributed by atoms with Crippen molar-refractivity contribution in [1.82, 2.24) is 0 Å². The summed E-state index contributed by atoms with van der Waals surface area (Å²) >= 11 is 0. The summed E-state index contributed by atoms with van der Waals surface area (Å²) in [6.45, 7) is 0. The maximum Gasteiger partial charge on any atom is 1.00 e. The number of alkyl halides is 12. The molecule has 2 rings (SSSR count). The van der Waals surface area contributed by atoms with Crippen molar-refractivity contribution in [3.63, 3.8) is 0 Å². The van der Waals surface area contributed by atoms with E-state index < -0.39 is 113 Å². The maximum atomic E-state index is 12.9. The van der Waals surface area contributed by atoms with Gasteiger partial charge in [0.1, 0.15) is 20.0 Å². The van der Waals surface area contributed by atoms with Gasteiger partial charge in [0.15, 0.2) is 0 Å². The van der Waals surface area contributed by atoms with E-state index in [4.69, 9.17) is 0 Å². The van der Waals surface area contributed by atoms with Crippen LogP contribution in [0.3, 0.4) is 0 Å². The summed E-state index contributed by atoms with van der Waals surface area (Å²) < 4.78 is 206. The van der Waals surface area contributed by atoms with E-state index in [2.05, 4.69) is 0 Å². The number of sulfonamides is 2. The third kappa shape index (κ3) is 7.61. The fourth-order valence-electron chi connectivity index (χ4n) is 2.37. The molecule has 0 unspecified atom stereocenters. The average molecular weight is 676 g/mol. The second-order valence-corrected chi connectivity index (χ2v) is 9.95. The van der Waals surface area contributed by atoms with Crippen molar-refractivity contribution >= 4 is 20.0 Å². The van der Waals surface area contributed by atoms with Crippen molar-refractivity contribution < 1.29 is 91.9 Å². The molecule has 0 saturated carbocycles. The molecule has 36 heavy (non-hydrogen) atoms. The molecule has 0 aliphatic heterocycles. The van der Waals surface area contributed by atoms with Crippen LogP contribution >= 0.6 is 0 Å². The molecule has 0 amide bonds. The van der Waals surface area contributed by atoms with E-state index in [9.17, 15) is 69.5 Å². The summed E-state index contributed by atoms with van der Waals surface area (Å²) in [6, 6.07) is -2.83. The third-order valence-electron chi connectivity index (χ3n) is 3.91. The molecule has 0 radical (unpaired) electrons. The molecule has 0 bridgehead atoms. The Labute approximate surface area is 209 Å². The van der Waals surface area contributed by atoms with Gasteiger partial charge in [-0.1, -0.05) is 0 Å². The Kier molecular flexibility index (Phi) is 8.79. The van der Waals surface area contributed by atoms with Gasteiger partial charge >= 0.3 is 47.1 Å². The predicted octanol–water partition coefficient (Wildman–Crippen LogP) is 6.21. The van der Waals surface area contributed by atoms with Crippen molar-refractivity contribution in [2.75, 3.05) is 0 Å². The Morgan fingerprint density at radius 3 is 0.806 bits per heavy atom. The Bertz CT molecular complexity index is 1180. The predicted molar refractivity (Wildman–Crippen MR) is 90.6 cm³/mol. The van der Waals surface area contributed by atoms with E-state index in [0.29, 0.717) is 0 Å². The SMILES string of the molecule is O=S(=O)([N-]S(=O)(=O)c1cc(C(F)(F)F)cc(C(F)(F)F)c1)c1cc(C(F)(F)F)cc(C(F)(F)F)c1.[Ag+]. The van der Waals surface area contributed by atoms with Crippen molar-refractivity contribution in [3.05, 3.63) is 62.8 Å². The Balaban J connectivity index is 0.00000648. The normalized spacial score (nSPS) is 13.9. The summed E-state index contributed by atoms with van der Waals surface area (Å²) in [5.74, 6) is 0. The zero-order valence-electron chi connectivity index (χ0n) is 16.2. The molecule has 0 aromatic heterocycles. The quantitative estimate of drug-likeness (QED) is 0.285. The van der Waals surface area contributed by atoms with E-state index in [-0.39, 0.29) is 22.4 Å². The first kappa shape index (κ1) is 32.2. The molecule has 2 aromatic rings. The Hall–Kier alpha value is -1.80. The summed E-state index contributed by atoms with van der Waals surface area (Å²) in [6.07, 6.45) is -22.3. The monoisotopic (exact) mass is 675 g/mol. The molecule has 0 heterocycles. The van der Waals surface area contributed by atoms with Gasteiger partial charge in [-0.05, 0) is 36.4 Å². The van der Waals surface area contributed by atoms with Crippen molar-refractivity contribution in [2.45, 2.75) is 34.5 Å². The van der Waals surface area contributed by atoms with Crippen LogP contribution < -0.4 is 0 Å². The summed E-state index contributed by atoms with van der Waals surface area (Å²) in [7, 11) is -12.1. The van der Waals surface area contributed by atoms with Crippen LogP contribution in [0.5, 0.6) is 0 Å². The number of halogens is 12. The number of hydrogen-bond acceptors (Lipinski definition) is 4. The van der Waals surface area contributed by atoms with Crippen LogP contribution in [0.25, 0.3) is 4.13 Å². The molecule has 0 aliphatic rings. The molecule has 0 atom stereocenters. The van der Waals surface area contributed by atoms with Crippen LogP contribution in [0.4, 0.5) is 52.7 Å². The van der Waals surface area contributed by atoms with Gasteiger partial charge in [0.2, 0.25) is 0 Å². The van der Waals surface area contributed by atoms with E-state index in [1.54, 1.807) is 0 Å². The van der Waals surface area contributed by atoms with Gasteiger partial charge in [-0.3, -0.25) is 0 Å². The first-order valence-corrected chi connectivity index (χ1v) is 11.1. The fourth-order valence-corrected chi connectivity index (χ4v) is 5.19. The first-order valence-electron chi connectivity index (χ1n) is 8.17.